The molecule has 8 nitrogen and oxygen atoms in total. The molecule has 0 bridgehead atoms. The molecule has 1 fully saturated rings. The topological polar surface area (TPSA) is 129 Å². The summed E-state index contributed by atoms with van der Waals surface area (Å²) in [7, 11) is -3.67. The second kappa shape index (κ2) is 6.72. The standard InChI is InChI=1S/C18H26N4O4S/c1-11-5-4-8-22(10-11)27(24,25)12-6-7-14-13(9-12)15(21-17(19)20)16(23)18(2,3)26-14/h6-7,9,11,23H,4-5,8,10H2,1-3H3,(H4,19,20,21). The van der Waals surface area contributed by atoms with Gasteiger partial charge in [-0.15, -0.1) is 0 Å². The van der Waals surface area contributed by atoms with Gasteiger partial charge in [0.15, 0.2) is 17.3 Å². The Hall–Kier alpha value is -2.26. The third-order valence-electron chi connectivity index (χ3n) is 4.91. The van der Waals surface area contributed by atoms with Crippen molar-refractivity contribution in [3.63, 3.8) is 0 Å². The Morgan fingerprint density at radius 1 is 1.44 bits per heavy atom. The lowest BCUT2D eigenvalue weighted by Crippen LogP contribution is -2.40. The molecule has 1 saturated heterocycles. The van der Waals surface area contributed by atoms with Crippen LogP contribution in [0.3, 0.4) is 0 Å². The highest BCUT2D eigenvalue weighted by atomic mass is 32.2. The summed E-state index contributed by atoms with van der Waals surface area (Å²) >= 11 is 0. The van der Waals surface area contributed by atoms with Crippen LogP contribution in [0.2, 0.25) is 0 Å². The summed E-state index contributed by atoms with van der Waals surface area (Å²) in [4.78, 5) is 0.120. The molecule has 5 N–H and O–H groups in total. The van der Waals surface area contributed by atoms with Gasteiger partial charge in [-0.25, -0.2) is 8.42 Å². The van der Waals surface area contributed by atoms with Gasteiger partial charge in [0.2, 0.25) is 10.0 Å². The molecule has 1 atom stereocenters. The predicted octanol–water partition coefficient (Wildman–Crippen LogP) is 1.99. The largest absolute Gasteiger partial charge is 0.506 e. The van der Waals surface area contributed by atoms with Crippen LogP contribution in [0.15, 0.2) is 28.9 Å². The first-order chi connectivity index (χ1) is 12.5. The van der Waals surface area contributed by atoms with Crippen molar-refractivity contribution in [3.05, 3.63) is 29.5 Å². The second-order valence-corrected chi connectivity index (χ2v) is 9.58. The Morgan fingerprint density at radius 2 is 2.15 bits per heavy atom. The van der Waals surface area contributed by atoms with E-state index in [1.165, 1.54) is 16.4 Å². The summed E-state index contributed by atoms with van der Waals surface area (Å²) in [5, 5.41) is 20.7. The van der Waals surface area contributed by atoms with Crippen LogP contribution in [0.1, 0.15) is 39.2 Å². The van der Waals surface area contributed by atoms with Crippen molar-refractivity contribution in [2.75, 3.05) is 13.1 Å². The lowest BCUT2D eigenvalue weighted by atomic mass is 9.97. The Balaban J connectivity index is 2.07. The number of hydrogen-bond acceptors (Lipinski definition) is 5. The third-order valence-corrected chi connectivity index (χ3v) is 6.77. The number of guanidine groups is 1. The zero-order chi connectivity index (χ0) is 20.0. The highest BCUT2D eigenvalue weighted by Gasteiger charge is 2.37. The molecule has 2 aliphatic rings. The number of benzene rings is 1. The molecule has 0 aromatic heterocycles. The average molecular weight is 394 g/mol. The van der Waals surface area contributed by atoms with Crippen molar-refractivity contribution in [2.24, 2.45) is 11.7 Å². The van der Waals surface area contributed by atoms with Crippen LogP contribution in [0.25, 0.3) is 5.70 Å². The summed E-state index contributed by atoms with van der Waals surface area (Å²) in [6, 6.07) is 4.55. The molecule has 1 unspecified atom stereocenters. The number of nitrogens with two attached hydrogens (primary N) is 1. The van der Waals surface area contributed by atoms with Crippen LogP contribution >= 0.6 is 0 Å². The van der Waals surface area contributed by atoms with Crippen LogP contribution in [0.4, 0.5) is 0 Å². The lowest BCUT2D eigenvalue weighted by molar-refractivity contribution is 0.0912. The predicted molar refractivity (Wildman–Crippen MR) is 103 cm³/mol. The molecule has 0 saturated carbocycles. The van der Waals surface area contributed by atoms with E-state index in [0.29, 0.717) is 30.3 Å². The number of nitrogens with one attached hydrogen (secondary N) is 2. The molecule has 148 valence electrons. The number of ether oxygens (including phenoxy) is 1. The molecular weight excluding hydrogens is 368 g/mol. The van der Waals surface area contributed by atoms with Gasteiger partial charge in [-0.3, -0.25) is 5.41 Å². The molecule has 2 heterocycles. The van der Waals surface area contributed by atoms with Gasteiger partial charge in [-0.1, -0.05) is 6.92 Å². The van der Waals surface area contributed by atoms with Crippen molar-refractivity contribution in [3.8, 4) is 5.75 Å². The molecule has 2 aliphatic heterocycles. The van der Waals surface area contributed by atoms with Crippen molar-refractivity contribution in [1.29, 1.82) is 5.41 Å². The summed E-state index contributed by atoms with van der Waals surface area (Å²) in [5.74, 6) is 0.214. The number of aliphatic hydroxyl groups excluding tert-OH is 1. The quantitative estimate of drug-likeness (QED) is 0.458. The van der Waals surface area contributed by atoms with Crippen LogP contribution in [0, 0.1) is 11.3 Å². The highest BCUT2D eigenvalue weighted by molar-refractivity contribution is 7.89. The molecule has 0 amide bonds. The van der Waals surface area contributed by atoms with E-state index in [1.807, 2.05) is 6.92 Å². The number of hydrogen-bond donors (Lipinski definition) is 4. The minimum atomic E-state index is -3.67. The zero-order valence-corrected chi connectivity index (χ0v) is 16.6. The van der Waals surface area contributed by atoms with Gasteiger partial charge in [-0.2, -0.15) is 4.31 Å². The minimum absolute atomic E-state index is 0.120. The Bertz CT molecular complexity index is 908. The van der Waals surface area contributed by atoms with Crippen molar-refractivity contribution < 1.29 is 18.3 Å². The van der Waals surface area contributed by atoms with Gasteiger partial charge < -0.3 is 20.9 Å². The van der Waals surface area contributed by atoms with E-state index in [4.69, 9.17) is 15.9 Å². The van der Waals surface area contributed by atoms with E-state index in [-0.39, 0.29) is 22.3 Å². The molecule has 1 aromatic carbocycles. The van der Waals surface area contributed by atoms with Crippen LogP contribution in [-0.4, -0.2) is 42.5 Å². The third kappa shape index (κ3) is 3.61. The van der Waals surface area contributed by atoms with E-state index < -0.39 is 15.6 Å². The molecule has 9 heteroatoms. The number of piperidine rings is 1. The van der Waals surface area contributed by atoms with E-state index >= 15 is 0 Å². The van der Waals surface area contributed by atoms with Gasteiger partial charge in [0.1, 0.15) is 5.75 Å². The van der Waals surface area contributed by atoms with Crippen molar-refractivity contribution >= 4 is 21.7 Å². The van der Waals surface area contributed by atoms with Crippen LogP contribution in [-0.2, 0) is 10.0 Å². The van der Waals surface area contributed by atoms with Crippen LogP contribution < -0.4 is 15.8 Å². The fourth-order valence-corrected chi connectivity index (χ4v) is 5.11. The first kappa shape index (κ1) is 19.5. The highest BCUT2D eigenvalue weighted by Crippen LogP contribution is 2.40. The summed E-state index contributed by atoms with van der Waals surface area (Å²) in [6.45, 7) is 6.37. The fraction of sp³-hybridized carbons (Fsp3) is 0.500. The van der Waals surface area contributed by atoms with Crippen LogP contribution in [0.5, 0.6) is 5.75 Å². The number of aliphatic hydroxyl groups is 1. The first-order valence-corrected chi connectivity index (χ1v) is 10.3. The molecular formula is C18H26N4O4S. The fourth-order valence-electron chi connectivity index (χ4n) is 3.48. The molecule has 3 rings (SSSR count). The normalized spacial score (nSPS) is 22.7. The molecule has 0 aliphatic carbocycles. The smallest absolute Gasteiger partial charge is 0.243 e. The van der Waals surface area contributed by atoms with E-state index in [0.717, 1.165) is 12.8 Å². The number of fused-ring (bicyclic) bond motifs is 1. The van der Waals surface area contributed by atoms with E-state index in [2.05, 4.69) is 5.32 Å². The number of sulfonamides is 1. The Kier molecular flexibility index (Phi) is 4.85. The molecule has 1 aromatic rings. The SMILES string of the molecule is CC1CCCN(S(=O)(=O)c2ccc3c(c2)C(NC(=N)N)=C(O)C(C)(C)O3)C1. The van der Waals surface area contributed by atoms with Gasteiger partial charge >= 0.3 is 0 Å². The summed E-state index contributed by atoms with van der Waals surface area (Å²) in [5.41, 5.74) is 4.95. The average Bonchev–Trinajstić information content (AvgIpc) is 2.58. The number of nitrogens with zero attached hydrogens (tertiary/aromatic N) is 1. The second-order valence-electron chi connectivity index (χ2n) is 7.64. The number of rotatable bonds is 3. The lowest BCUT2D eigenvalue weighted by Gasteiger charge is -2.34. The Labute approximate surface area is 159 Å². The minimum Gasteiger partial charge on any atom is -0.506 e. The maximum atomic E-state index is 13.1. The van der Waals surface area contributed by atoms with Gasteiger partial charge in [0, 0.05) is 18.7 Å². The van der Waals surface area contributed by atoms with E-state index in [1.54, 1.807) is 19.9 Å². The monoisotopic (exact) mass is 394 g/mol. The van der Waals surface area contributed by atoms with Gasteiger partial charge in [0.05, 0.1) is 10.6 Å². The van der Waals surface area contributed by atoms with Crippen molar-refractivity contribution in [2.45, 2.75) is 44.1 Å². The first-order valence-electron chi connectivity index (χ1n) is 8.90. The van der Waals surface area contributed by atoms with E-state index in [9.17, 15) is 13.5 Å². The molecule has 0 spiro atoms. The van der Waals surface area contributed by atoms with Gasteiger partial charge in [-0.05, 0) is 50.8 Å². The summed E-state index contributed by atoms with van der Waals surface area (Å²) in [6.07, 6.45) is 1.85. The maximum absolute atomic E-state index is 13.1. The summed E-state index contributed by atoms with van der Waals surface area (Å²) < 4.78 is 33.5. The van der Waals surface area contributed by atoms with Crippen molar-refractivity contribution in [1.82, 2.24) is 9.62 Å². The zero-order valence-electron chi connectivity index (χ0n) is 15.7. The maximum Gasteiger partial charge on any atom is 0.243 e. The molecule has 27 heavy (non-hydrogen) atoms. The molecule has 0 radical (unpaired) electrons. The Morgan fingerprint density at radius 3 is 2.78 bits per heavy atom. The van der Waals surface area contributed by atoms with Gasteiger partial charge in [0.25, 0.3) is 0 Å².